The van der Waals surface area contributed by atoms with Crippen molar-refractivity contribution >= 4 is 49.4 Å². The Balaban J connectivity index is 3.07. The Morgan fingerprint density at radius 3 is 2.42 bits per heavy atom. The molecule has 7 heteroatoms. The van der Waals surface area contributed by atoms with E-state index in [1.165, 1.54) is 6.07 Å². The Hall–Kier alpha value is -0.920. The van der Waals surface area contributed by atoms with Gasteiger partial charge in [-0.2, -0.15) is 0 Å². The number of benzene rings is 1. The van der Waals surface area contributed by atoms with Crippen molar-refractivity contribution in [2.75, 3.05) is 5.32 Å². The van der Waals surface area contributed by atoms with Crippen LogP contribution < -0.4 is 11.1 Å². The van der Waals surface area contributed by atoms with E-state index in [4.69, 9.17) is 10.8 Å². The van der Waals surface area contributed by atoms with Gasteiger partial charge in [0.1, 0.15) is 0 Å². The maximum atomic E-state index is 11.8. The minimum atomic E-state index is -1.12. The highest BCUT2D eigenvalue weighted by Gasteiger charge is 2.20. The van der Waals surface area contributed by atoms with Crippen LogP contribution in [0.2, 0.25) is 0 Å². The van der Waals surface area contributed by atoms with Gasteiger partial charge >= 0.3 is 5.97 Å². The molecule has 0 fully saturated rings. The van der Waals surface area contributed by atoms with Gasteiger partial charge in [0.2, 0.25) is 5.91 Å². The smallest absolute Gasteiger partial charge is 0.337 e. The maximum absolute atomic E-state index is 11.8. The number of rotatable bonds is 4. The Morgan fingerprint density at radius 1 is 1.37 bits per heavy atom. The van der Waals surface area contributed by atoms with Gasteiger partial charge in [-0.15, -0.1) is 0 Å². The summed E-state index contributed by atoms with van der Waals surface area (Å²) in [7, 11) is 0. The van der Waals surface area contributed by atoms with E-state index < -0.39 is 11.5 Å². The number of anilines is 1. The third-order valence-electron chi connectivity index (χ3n) is 2.17. The highest BCUT2D eigenvalue weighted by molar-refractivity contribution is 9.11. The largest absolute Gasteiger partial charge is 0.478 e. The molecule has 5 nitrogen and oxygen atoms in total. The van der Waals surface area contributed by atoms with E-state index in [2.05, 4.69) is 37.2 Å². The molecular formula is C12H14Br2N2O3. The van der Waals surface area contributed by atoms with E-state index in [0.717, 1.165) is 0 Å². The standard InChI is InChI=1S/C12H14Br2N2O3/c1-12(2,15)5-9(17)16-10-7(11(18)19)3-6(13)4-8(10)14/h3-4H,5,15H2,1-2H3,(H,16,17)(H,18,19). The number of carbonyl (C=O) groups is 2. The van der Waals surface area contributed by atoms with Crippen LogP contribution in [0.1, 0.15) is 30.6 Å². The van der Waals surface area contributed by atoms with Gasteiger partial charge < -0.3 is 16.2 Å². The first-order valence-corrected chi connectivity index (χ1v) is 7.00. The molecule has 4 N–H and O–H groups in total. The monoisotopic (exact) mass is 392 g/mol. The summed E-state index contributed by atoms with van der Waals surface area (Å²) in [6, 6.07) is 3.09. The molecular weight excluding hydrogens is 380 g/mol. The van der Waals surface area contributed by atoms with Crippen LogP contribution in [0.3, 0.4) is 0 Å². The van der Waals surface area contributed by atoms with Crippen molar-refractivity contribution in [3.05, 3.63) is 26.6 Å². The van der Waals surface area contributed by atoms with Crippen LogP contribution in [0.15, 0.2) is 21.1 Å². The first kappa shape index (κ1) is 16.1. The van der Waals surface area contributed by atoms with Crippen LogP contribution in [0.4, 0.5) is 5.69 Å². The number of carboxylic acid groups (broad SMARTS) is 1. The van der Waals surface area contributed by atoms with Crippen LogP contribution >= 0.6 is 31.9 Å². The Bertz CT molecular complexity index is 524. The number of hydrogen-bond donors (Lipinski definition) is 3. The lowest BCUT2D eigenvalue weighted by Gasteiger charge is -2.18. The Labute approximate surface area is 127 Å². The molecule has 19 heavy (non-hydrogen) atoms. The number of halogens is 2. The SMILES string of the molecule is CC(C)(N)CC(=O)Nc1c(Br)cc(Br)cc1C(=O)O. The zero-order valence-corrected chi connectivity index (χ0v) is 13.6. The first-order chi connectivity index (χ1) is 8.60. The molecule has 1 rings (SSSR count). The summed E-state index contributed by atoms with van der Waals surface area (Å²) in [5, 5.41) is 11.7. The van der Waals surface area contributed by atoms with Crippen molar-refractivity contribution in [3.8, 4) is 0 Å². The lowest BCUT2D eigenvalue weighted by molar-refractivity contribution is -0.117. The van der Waals surface area contributed by atoms with Crippen LogP contribution in [-0.2, 0) is 4.79 Å². The summed E-state index contributed by atoms with van der Waals surface area (Å²) in [6.45, 7) is 3.45. The third kappa shape index (κ3) is 4.93. The first-order valence-electron chi connectivity index (χ1n) is 5.41. The second-order valence-corrected chi connectivity index (χ2v) is 6.60. The molecule has 0 unspecified atom stereocenters. The van der Waals surface area contributed by atoms with Crippen molar-refractivity contribution in [1.29, 1.82) is 0 Å². The second kappa shape index (κ2) is 6.02. The molecule has 0 bridgehead atoms. The Kier molecular flexibility index (Phi) is 5.11. The zero-order valence-electron chi connectivity index (χ0n) is 10.5. The lowest BCUT2D eigenvalue weighted by Crippen LogP contribution is -2.36. The fourth-order valence-corrected chi connectivity index (χ4v) is 2.79. The number of nitrogens with one attached hydrogen (secondary N) is 1. The van der Waals surface area contributed by atoms with E-state index in [-0.39, 0.29) is 23.6 Å². The molecule has 0 aliphatic carbocycles. The van der Waals surface area contributed by atoms with Gasteiger partial charge in [0, 0.05) is 20.9 Å². The predicted molar refractivity (Wildman–Crippen MR) is 80.3 cm³/mol. The van der Waals surface area contributed by atoms with Crippen molar-refractivity contribution in [3.63, 3.8) is 0 Å². The molecule has 0 spiro atoms. The quantitative estimate of drug-likeness (QED) is 0.733. The van der Waals surface area contributed by atoms with Crippen molar-refractivity contribution in [2.24, 2.45) is 5.73 Å². The van der Waals surface area contributed by atoms with Gasteiger partial charge in [-0.25, -0.2) is 4.79 Å². The van der Waals surface area contributed by atoms with E-state index in [9.17, 15) is 9.59 Å². The highest BCUT2D eigenvalue weighted by Crippen LogP contribution is 2.31. The molecule has 1 amide bonds. The van der Waals surface area contributed by atoms with Crippen LogP contribution in [0, 0.1) is 0 Å². The molecule has 0 aliphatic heterocycles. The van der Waals surface area contributed by atoms with Crippen LogP contribution in [0.5, 0.6) is 0 Å². The average molecular weight is 394 g/mol. The second-order valence-electron chi connectivity index (χ2n) is 4.83. The molecule has 104 valence electrons. The molecule has 0 aromatic heterocycles. The number of nitrogens with two attached hydrogens (primary N) is 1. The van der Waals surface area contributed by atoms with Gasteiger partial charge in [-0.05, 0) is 41.9 Å². The Morgan fingerprint density at radius 2 is 1.95 bits per heavy atom. The average Bonchev–Trinajstić information content (AvgIpc) is 2.18. The van der Waals surface area contributed by atoms with Crippen molar-refractivity contribution < 1.29 is 14.7 Å². The summed E-state index contributed by atoms with van der Waals surface area (Å²) in [6.07, 6.45) is 0.0918. The van der Waals surface area contributed by atoms with E-state index in [1.54, 1.807) is 19.9 Å². The number of hydrogen-bond acceptors (Lipinski definition) is 3. The van der Waals surface area contributed by atoms with Crippen LogP contribution in [-0.4, -0.2) is 22.5 Å². The summed E-state index contributed by atoms with van der Waals surface area (Å²) in [5.74, 6) is -1.46. The van der Waals surface area contributed by atoms with Gasteiger partial charge in [-0.1, -0.05) is 15.9 Å². The molecule has 0 heterocycles. The van der Waals surface area contributed by atoms with Crippen LogP contribution in [0.25, 0.3) is 0 Å². The molecule has 0 radical (unpaired) electrons. The van der Waals surface area contributed by atoms with Gasteiger partial charge in [0.15, 0.2) is 0 Å². The molecule has 0 saturated heterocycles. The summed E-state index contributed by atoms with van der Waals surface area (Å²) < 4.78 is 1.09. The number of aromatic carboxylic acids is 1. The molecule has 1 aromatic rings. The molecule has 0 atom stereocenters. The lowest BCUT2D eigenvalue weighted by atomic mass is 10.0. The maximum Gasteiger partial charge on any atom is 0.337 e. The minimum absolute atomic E-state index is 0.00410. The third-order valence-corrected chi connectivity index (χ3v) is 3.25. The van der Waals surface area contributed by atoms with Crippen molar-refractivity contribution in [2.45, 2.75) is 25.8 Å². The fraction of sp³-hybridized carbons (Fsp3) is 0.333. The molecule has 0 saturated carbocycles. The fourth-order valence-electron chi connectivity index (χ4n) is 1.47. The van der Waals surface area contributed by atoms with E-state index in [0.29, 0.717) is 8.95 Å². The highest BCUT2D eigenvalue weighted by atomic mass is 79.9. The van der Waals surface area contributed by atoms with Gasteiger partial charge in [-0.3, -0.25) is 4.79 Å². The van der Waals surface area contributed by atoms with E-state index in [1.807, 2.05) is 0 Å². The van der Waals surface area contributed by atoms with Gasteiger partial charge in [0.05, 0.1) is 11.3 Å². The minimum Gasteiger partial charge on any atom is -0.478 e. The topological polar surface area (TPSA) is 92.4 Å². The summed E-state index contributed by atoms with van der Waals surface area (Å²) in [5.41, 5.74) is 5.33. The van der Waals surface area contributed by atoms with E-state index >= 15 is 0 Å². The molecule has 1 aromatic carbocycles. The molecule has 0 aliphatic rings. The summed E-state index contributed by atoms with van der Waals surface area (Å²) >= 11 is 6.44. The van der Waals surface area contributed by atoms with Gasteiger partial charge in [0.25, 0.3) is 0 Å². The normalized spacial score (nSPS) is 11.2. The number of amides is 1. The van der Waals surface area contributed by atoms with Crippen molar-refractivity contribution in [1.82, 2.24) is 0 Å². The summed E-state index contributed by atoms with van der Waals surface area (Å²) in [4.78, 5) is 23.0. The number of carboxylic acids is 1. The number of carbonyl (C=O) groups excluding carboxylic acids is 1. The predicted octanol–water partition coefficient (Wildman–Crippen LogP) is 2.98. The zero-order chi connectivity index (χ0) is 14.8.